The van der Waals surface area contributed by atoms with Gasteiger partial charge in [0, 0.05) is 13.1 Å². The van der Waals surface area contributed by atoms with Gasteiger partial charge in [-0.25, -0.2) is 17.2 Å². The lowest BCUT2D eigenvalue weighted by molar-refractivity contribution is 0.222. The number of sulfonamides is 1. The summed E-state index contributed by atoms with van der Waals surface area (Å²) in [5, 5.41) is 0. The van der Waals surface area contributed by atoms with Crippen LogP contribution < -0.4 is 0 Å². The highest BCUT2D eigenvalue weighted by Gasteiger charge is 2.32. The lowest BCUT2D eigenvalue weighted by Gasteiger charge is -2.34. The number of hydrogen-bond donors (Lipinski definition) is 0. The minimum atomic E-state index is -3.74. The smallest absolute Gasteiger partial charge is 0.207 e. The van der Waals surface area contributed by atoms with Crippen molar-refractivity contribution in [3.8, 4) is 0 Å². The molecule has 6 heteroatoms. The fraction of sp³-hybridized carbons (Fsp3) is 0.538. The van der Waals surface area contributed by atoms with Crippen molar-refractivity contribution < 1.29 is 17.2 Å². The lowest BCUT2D eigenvalue weighted by Crippen LogP contribution is -2.42. The second-order valence-electron chi connectivity index (χ2n) is 5.34. The van der Waals surface area contributed by atoms with Gasteiger partial charge in [-0.3, -0.25) is 0 Å². The zero-order valence-electron chi connectivity index (χ0n) is 10.9. The Balaban J connectivity index is 2.33. The Hall–Kier alpha value is -1.01. The van der Waals surface area contributed by atoms with E-state index in [9.17, 15) is 17.2 Å². The van der Waals surface area contributed by atoms with Crippen LogP contribution in [-0.4, -0.2) is 25.8 Å². The second kappa shape index (κ2) is 5.17. The summed E-state index contributed by atoms with van der Waals surface area (Å²) in [4.78, 5) is -0.187. The average Bonchev–Trinajstić information content (AvgIpc) is 2.31. The molecule has 0 unspecified atom stereocenters. The highest BCUT2D eigenvalue weighted by atomic mass is 32.2. The summed E-state index contributed by atoms with van der Waals surface area (Å²) >= 11 is 0. The molecule has 3 nitrogen and oxygen atoms in total. The number of nitrogens with zero attached hydrogens (tertiary/aromatic N) is 1. The van der Waals surface area contributed by atoms with Gasteiger partial charge in [0.2, 0.25) is 10.0 Å². The summed E-state index contributed by atoms with van der Waals surface area (Å²) in [7, 11) is -3.74. The van der Waals surface area contributed by atoms with Gasteiger partial charge in [0.1, 0.15) is 0 Å². The molecule has 1 aromatic rings. The molecule has 0 radical (unpaired) electrons. The SMILES string of the molecule is C[C@@H]1C[C@H](C)CN(S(=O)(=O)c2ccc(F)c(F)c2)C1. The van der Waals surface area contributed by atoms with Crippen molar-refractivity contribution in [3.05, 3.63) is 29.8 Å². The Morgan fingerprint density at radius 2 is 1.68 bits per heavy atom. The van der Waals surface area contributed by atoms with Gasteiger partial charge in [0.05, 0.1) is 4.90 Å². The Kier molecular flexibility index (Phi) is 3.92. The van der Waals surface area contributed by atoms with Crippen LogP contribution >= 0.6 is 0 Å². The van der Waals surface area contributed by atoms with E-state index in [4.69, 9.17) is 0 Å². The van der Waals surface area contributed by atoms with Gasteiger partial charge in [0.25, 0.3) is 0 Å². The minimum absolute atomic E-state index is 0.187. The molecule has 2 atom stereocenters. The number of rotatable bonds is 2. The van der Waals surface area contributed by atoms with Crippen LogP contribution in [0, 0.1) is 23.5 Å². The fourth-order valence-electron chi connectivity index (χ4n) is 2.59. The number of piperidine rings is 1. The fourth-order valence-corrected chi connectivity index (χ4v) is 4.28. The maximum atomic E-state index is 13.2. The third kappa shape index (κ3) is 2.95. The van der Waals surface area contributed by atoms with Crippen LogP contribution in [-0.2, 0) is 10.0 Å². The van der Waals surface area contributed by atoms with Crippen LogP contribution in [0.15, 0.2) is 23.1 Å². The monoisotopic (exact) mass is 289 g/mol. The summed E-state index contributed by atoms with van der Waals surface area (Å²) in [6, 6.07) is 2.70. The molecular weight excluding hydrogens is 272 g/mol. The highest BCUT2D eigenvalue weighted by Crippen LogP contribution is 2.27. The lowest BCUT2D eigenvalue weighted by atomic mass is 9.94. The third-order valence-corrected chi connectivity index (χ3v) is 5.19. The van der Waals surface area contributed by atoms with Crippen molar-refractivity contribution in [1.82, 2.24) is 4.31 Å². The summed E-state index contributed by atoms with van der Waals surface area (Å²) in [5.74, 6) is -1.65. The van der Waals surface area contributed by atoms with E-state index in [1.165, 1.54) is 4.31 Å². The van der Waals surface area contributed by atoms with Crippen LogP contribution in [0.1, 0.15) is 20.3 Å². The Labute approximate surface area is 112 Å². The van der Waals surface area contributed by atoms with Crippen molar-refractivity contribution in [1.29, 1.82) is 0 Å². The van der Waals surface area contributed by atoms with Gasteiger partial charge in [-0.1, -0.05) is 13.8 Å². The minimum Gasteiger partial charge on any atom is -0.207 e. The second-order valence-corrected chi connectivity index (χ2v) is 7.28. The van der Waals surface area contributed by atoms with Gasteiger partial charge in [-0.2, -0.15) is 4.31 Å². The van der Waals surface area contributed by atoms with Crippen LogP contribution in [0.5, 0.6) is 0 Å². The number of benzene rings is 1. The summed E-state index contributed by atoms with van der Waals surface area (Å²) in [6.07, 6.45) is 0.976. The first-order valence-electron chi connectivity index (χ1n) is 6.26. The molecule has 0 bridgehead atoms. The quantitative estimate of drug-likeness (QED) is 0.839. The van der Waals surface area contributed by atoms with E-state index in [0.29, 0.717) is 13.1 Å². The van der Waals surface area contributed by atoms with Crippen molar-refractivity contribution >= 4 is 10.0 Å². The molecule has 1 saturated heterocycles. The molecule has 19 heavy (non-hydrogen) atoms. The molecular formula is C13H17F2NO2S. The Morgan fingerprint density at radius 3 is 2.21 bits per heavy atom. The van der Waals surface area contributed by atoms with Gasteiger partial charge < -0.3 is 0 Å². The van der Waals surface area contributed by atoms with Gasteiger partial charge >= 0.3 is 0 Å². The Morgan fingerprint density at radius 1 is 1.11 bits per heavy atom. The first-order valence-corrected chi connectivity index (χ1v) is 7.70. The van der Waals surface area contributed by atoms with E-state index in [2.05, 4.69) is 0 Å². The molecule has 1 heterocycles. The molecule has 1 aromatic carbocycles. The summed E-state index contributed by atoms with van der Waals surface area (Å²) in [6.45, 7) is 4.82. The zero-order chi connectivity index (χ0) is 14.2. The van der Waals surface area contributed by atoms with E-state index in [0.717, 1.165) is 24.6 Å². The molecule has 0 N–H and O–H groups in total. The molecule has 1 aliphatic heterocycles. The first kappa shape index (κ1) is 14.4. The topological polar surface area (TPSA) is 37.4 Å². The predicted molar refractivity (Wildman–Crippen MR) is 68.1 cm³/mol. The average molecular weight is 289 g/mol. The first-order chi connectivity index (χ1) is 8.80. The zero-order valence-corrected chi connectivity index (χ0v) is 11.8. The molecule has 0 aliphatic carbocycles. The normalized spacial score (nSPS) is 25.5. The summed E-state index contributed by atoms with van der Waals surface area (Å²) in [5.41, 5.74) is 0. The van der Waals surface area contributed by atoms with E-state index in [1.807, 2.05) is 13.8 Å². The molecule has 0 spiro atoms. The van der Waals surface area contributed by atoms with Gasteiger partial charge in [-0.05, 0) is 36.5 Å². The third-order valence-electron chi connectivity index (χ3n) is 3.36. The summed E-state index contributed by atoms with van der Waals surface area (Å²) < 4.78 is 52.2. The molecule has 106 valence electrons. The van der Waals surface area contributed by atoms with E-state index in [-0.39, 0.29) is 16.7 Å². The molecule has 0 amide bonds. The Bertz CT molecular complexity index is 564. The van der Waals surface area contributed by atoms with Crippen molar-refractivity contribution in [2.45, 2.75) is 25.2 Å². The number of hydrogen-bond acceptors (Lipinski definition) is 2. The van der Waals surface area contributed by atoms with Gasteiger partial charge in [-0.15, -0.1) is 0 Å². The largest absolute Gasteiger partial charge is 0.243 e. The van der Waals surface area contributed by atoms with E-state index >= 15 is 0 Å². The van der Waals surface area contributed by atoms with Crippen LogP contribution in [0.3, 0.4) is 0 Å². The molecule has 1 fully saturated rings. The van der Waals surface area contributed by atoms with E-state index < -0.39 is 21.7 Å². The maximum Gasteiger partial charge on any atom is 0.243 e. The van der Waals surface area contributed by atoms with Crippen molar-refractivity contribution in [2.75, 3.05) is 13.1 Å². The van der Waals surface area contributed by atoms with Crippen molar-refractivity contribution in [3.63, 3.8) is 0 Å². The van der Waals surface area contributed by atoms with Crippen LogP contribution in [0.25, 0.3) is 0 Å². The highest BCUT2D eigenvalue weighted by molar-refractivity contribution is 7.89. The molecule has 0 saturated carbocycles. The molecule has 2 rings (SSSR count). The van der Waals surface area contributed by atoms with Crippen LogP contribution in [0.4, 0.5) is 8.78 Å². The van der Waals surface area contributed by atoms with Crippen molar-refractivity contribution in [2.24, 2.45) is 11.8 Å². The number of halogens is 2. The predicted octanol–water partition coefficient (Wildman–Crippen LogP) is 2.63. The molecule has 1 aliphatic rings. The van der Waals surface area contributed by atoms with E-state index in [1.54, 1.807) is 0 Å². The van der Waals surface area contributed by atoms with Crippen LogP contribution in [0.2, 0.25) is 0 Å². The van der Waals surface area contributed by atoms with Gasteiger partial charge in [0.15, 0.2) is 11.6 Å². The standard InChI is InChI=1S/C13H17F2NO2S/c1-9-5-10(2)8-16(7-9)19(17,18)11-3-4-12(14)13(15)6-11/h3-4,6,9-10H,5,7-8H2,1-2H3/t9-,10+. The maximum absolute atomic E-state index is 13.2. The molecule has 0 aromatic heterocycles.